The predicted molar refractivity (Wildman–Crippen MR) is 115 cm³/mol. The minimum Gasteiger partial charge on any atom is -0.454 e. The first-order chi connectivity index (χ1) is 15.0. The van der Waals surface area contributed by atoms with E-state index < -0.39 is 11.3 Å². The van der Waals surface area contributed by atoms with E-state index >= 15 is 0 Å². The summed E-state index contributed by atoms with van der Waals surface area (Å²) in [6, 6.07) is 16.8. The van der Waals surface area contributed by atoms with Gasteiger partial charge in [0, 0.05) is 28.9 Å². The second-order valence-electron chi connectivity index (χ2n) is 8.13. The monoisotopic (exact) mass is 414 g/mol. The lowest BCUT2D eigenvalue weighted by Crippen LogP contribution is -2.23. The highest BCUT2D eigenvalue weighted by Gasteiger charge is 2.51. The maximum atomic E-state index is 13.2. The number of nitrogens with zero attached hydrogens (tertiary/aromatic N) is 1. The fourth-order valence-corrected chi connectivity index (χ4v) is 4.24. The van der Waals surface area contributed by atoms with Crippen molar-refractivity contribution in [2.45, 2.75) is 31.6 Å². The minimum atomic E-state index is -0.465. The van der Waals surface area contributed by atoms with Crippen LogP contribution in [-0.2, 0) is 16.6 Å². The van der Waals surface area contributed by atoms with Crippen LogP contribution in [0, 0.1) is 6.92 Å². The Bertz CT molecular complexity index is 1210. The third kappa shape index (κ3) is 3.44. The van der Waals surface area contributed by atoms with Gasteiger partial charge in [-0.25, -0.2) is 0 Å². The van der Waals surface area contributed by atoms with Crippen LogP contribution < -0.4 is 15.2 Å². The molecule has 2 heterocycles. The minimum absolute atomic E-state index is 0.168. The van der Waals surface area contributed by atoms with Gasteiger partial charge in [-0.2, -0.15) is 0 Å². The predicted octanol–water partition coefficient (Wildman–Crippen LogP) is 3.73. The first-order valence-electron chi connectivity index (χ1n) is 10.3. The number of amides is 1. The average molecular weight is 414 g/mol. The Morgan fingerprint density at radius 1 is 1.03 bits per heavy atom. The number of primary amides is 1. The van der Waals surface area contributed by atoms with Crippen molar-refractivity contribution in [2.24, 2.45) is 5.73 Å². The van der Waals surface area contributed by atoms with Gasteiger partial charge in [0.1, 0.15) is 5.78 Å². The fourth-order valence-electron chi connectivity index (χ4n) is 4.24. The Morgan fingerprint density at radius 2 is 1.84 bits per heavy atom. The highest BCUT2D eigenvalue weighted by molar-refractivity contribution is 5.95. The molecule has 1 amide bonds. The van der Waals surface area contributed by atoms with Gasteiger partial charge in [-0.1, -0.05) is 24.3 Å². The summed E-state index contributed by atoms with van der Waals surface area (Å²) in [5.74, 6) is 1.13. The van der Waals surface area contributed by atoms with Crippen LogP contribution in [0.25, 0.3) is 11.1 Å². The third-order valence-electron chi connectivity index (χ3n) is 6.15. The Labute approximate surface area is 180 Å². The smallest absolute Gasteiger partial charge is 0.248 e. The number of rotatable bonds is 6. The van der Waals surface area contributed by atoms with E-state index in [2.05, 4.69) is 4.98 Å². The fraction of sp³-hybridized carbons (Fsp3) is 0.240. The number of benzene rings is 2. The summed E-state index contributed by atoms with van der Waals surface area (Å²) >= 11 is 0. The second-order valence-corrected chi connectivity index (χ2v) is 8.13. The number of aryl methyl sites for hydroxylation is 1. The van der Waals surface area contributed by atoms with Gasteiger partial charge < -0.3 is 15.2 Å². The van der Waals surface area contributed by atoms with E-state index in [1.54, 1.807) is 18.2 Å². The van der Waals surface area contributed by atoms with Crippen LogP contribution in [0.15, 0.2) is 54.6 Å². The summed E-state index contributed by atoms with van der Waals surface area (Å²) in [6.45, 7) is 2.13. The molecule has 1 aliphatic heterocycles. The average Bonchev–Trinajstić information content (AvgIpc) is 3.45. The lowest BCUT2D eigenvalue weighted by Gasteiger charge is -2.15. The number of fused-ring (bicyclic) bond motifs is 1. The first-order valence-corrected chi connectivity index (χ1v) is 10.3. The SMILES string of the molecule is Cc1nc(CC(=O)C2(c3ccc4c(c3)OCO4)CC2)ccc1-c1cccc(C(N)=O)c1. The number of carbonyl (C=O) groups is 2. The molecule has 1 aliphatic carbocycles. The normalized spacial score (nSPS) is 15.5. The van der Waals surface area contributed by atoms with Crippen LogP contribution in [0.2, 0.25) is 0 Å². The summed E-state index contributed by atoms with van der Waals surface area (Å²) in [5.41, 5.74) is 9.71. The van der Waals surface area contributed by atoms with Crippen molar-refractivity contribution < 1.29 is 19.1 Å². The molecule has 6 nitrogen and oxygen atoms in total. The van der Waals surface area contributed by atoms with Crippen molar-refractivity contribution in [3.8, 4) is 22.6 Å². The number of pyridine rings is 1. The molecule has 1 aromatic heterocycles. The molecule has 1 fully saturated rings. The van der Waals surface area contributed by atoms with Gasteiger partial charge in [-0.3, -0.25) is 14.6 Å². The number of nitrogens with two attached hydrogens (primary N) is 1. The Balaban J connectivity index is 1.37. The van der Waals surface area contributed by atoms with Crippen molar-refractivity contribution in [1.82, 2.24) is 4.98 Å². The third-order valence-corrected chi connectivity index (χ3v) is 6.15. The molecule has 2 aromatic carbocycles. The molecule has 156 valence electrons. The van der Waals surface area contributed by atoms with Crippen molar-refractivity contribution >= 4 is 11.7 Å². The van der Waals surface area contributed by atoms with Crippen LogP contribution in [0.1, 0.15) is 40.2 Å². The quantitative estimate of drug-likeness (QED) is 0.664. The van der Waals surface area contributed by atoms with Crippen LogP contribution in [0.3, 0.4) is 0 Å². The van der Waals surface area contributed by atoms with Crippen molar-refractivity contribution in [2.75, 3.05) is 6.79 Å². The molecule has 2 N–H and O–H groups in total. The number of hydrogen-bond donors (Lipinski definition) is 1. The molecular formula is C25H22N2O4. The van der Waals surface area contributed by atoms with Crippen LogP contribution in [0.5, 0.6) is 11.5 Å². The van der Waals surface area contributed by atoms with E-state index in [0.29, 0.717) is 11.3 Å². The molecule has 0 radical (unpaired) electrons. The largest absolute Gasteiger partial charge is 0.454 e. The van der Waals surface area contributed by atoms with E-state index in [-0.39, 0.29) is 19.0 Å². The molecule has 0 unspecified atom stereocenters. The summed E-state index contributed by atoms with van der Waals surface area (Å²) in [7, 11) is 0. The van der Waals surface area contributed by atoms with Gasteiger partial charge in [0.15, 0.2) is 11.5 Å². The Kier molecular flexibility index (Phi) is 4.50. The van der Waals surface area contributed by atoms with Gasteiger partial charge in [0.2, 0.25) is 12.7 Å². The molecule has 6 heteroatoms. The van der Waals surface area contributed by atoms with Gasteiger partial charge in [0.25, 0.3) is 0 Å². The first kappa shape index (κ1) is 19.3. The number of hydrogen-bond acceptors (Lipinski definition) is 5. The van der Waals surface area contributed by atoms with Gasteiger partial charge >= 0.3 is 0 Å². The Hall–Kier alpha value is -3.67. The molecule has 3 aromatic rings. The van der Waals surface area contributed by atoms with Gasteiger partial charge in [-0.05, 0) is 61.2 Å². The van der Waals surface area contributed by atoms with E-state index in [1.807, 2.05) is 43.3 Å². The molecule has 2 aliphatic rings. The molecule has 1 saturated carbocycles. The number of carbonyl (C=O) groups excluding carboxylic acids is 2. The lowest BCUT2D eigenvalue weighted by atomic mass is 9.88. The zero-order valence-corrected chi connectivity index (χ0v) is 17.2. The van der Waals surface area contributed by atoms with E-state index in [9.17, 15) is 9.59 Å². The Morgan fingerprint density at radius 3 is 2.58 bits per heavy atom. The second kappa shape index (κ2) is 7.23. The zero-order valence-electron chi connectivity index (χ0n) is 17.2. The molecule has 5 rings (SSSR count). The molecule has 0 atom stereocenters. The topological polar surface area (TPSA) is 91.5 Å². The molecule has 0 saturated heterocycles. The summed E-state index contributed by atoms with van der Waals surface area (Å²) in [4.78, 5) is 29.4. The summed E-state index contributed by atoms with van der Waals surface area (Å²) < 4.78 is 10.9. The van der Waals surface area contributed by atoms with Crippen molar-refractivity contribution in [3.63, 3.8) is 0 Å². The van der Waals surface area contributed by atoms with Gasteiger partial charge in [0.05, 0.1) is 5.41 Å². The lowest BCUT2D eigenvalue weighted by molar-refractivity contribution is -0.120. The molecular weight excluding hydrogens is 392 g/mol. The van der Waals surface area contributed by atoms with Crippen molar-refractivity contribution in [3.05, 3.63) is 77.1 Å². The summed E-state index contributed by atoms with van der Waals surface area (Å²) in [5, 5.41) is 0. The van der Waals surface area contributed by atoms with E-state index in [0.717, 1.165) is 46.7 Å². The highest BCUT2D eigenvalue weighted by Crippen LogP contribution is 2.51. The number of ketones is 1. The highest BCUT2D eigenvalue weighted by atomic mass is 16.7. The standard InChI is InChI=1S/C25H22N2O4/c1-15-20(16-3-2-4-17(11-16)24(26)29)7-6-19(27-15)13-23(28)25(9-10-25)18-5-8-21-22(12-18)31-14-30-21/h2-8,11-12H,9-10,13-14H2,1H3,(H2,26,29). The molecule has 31 heavy (non-hydrogen) atoms. The number of ether oxygens (including phenoxy) is 2. The van der Waals surface area contributed by atoms with Crippen LogP contribution in [0.4, 0.5) is 0 Å². The maximum absolute atomic E-state index is 13.2. The van der Waals surface area contributed by atoms with Crippen LogP contribution in [-0.4, -0.2) is 23.5 Å². The van der Waals surface area contributed by atoms with Crippen molar-refractivity contribution in [1.29, 1.82) is 0 Å². The number of aromatic nitrogens is 1. The zero-order chi connectivity index (χ0) is 21.6. The van der Waals surface area contributed by atoms with E-state index in [4.69, 9.17) is 15.2 Å². The molecule has 0 spiro atoms. The van der Waals surface area contributed by atoms with Crippen LogP contribution >= 0.6 is 0 Å². The number of Topliss-reactive ketones (excluding diaryl/α,β-unsaturated/α-hetero) is 1. The summed E-state index contributed by atoms with van der Waals surface area (Å²) in [6.07, 6.45) is 1.95. The van der Waals surface area contributed by atoms with E-state index in [1.165, 1.54) is 0 Å². The maximum Gasteiger partial charge on any atom is 0.248 e. The molecule has 0 bridgehead atoms. The van der Waals surface area contributed by atoms with Gasteiger partial charge in [-0.15, -0.1) is 0 Å².